The summed E-state index contributed by atoms with van der Waals surface area (Å²) in [7, 11) is 0. The van der Waals surface area contributed by atoms with Crippen molar-refractivity contribution in [2.75, 3.05) is 6.54 Å². The van der Waals surface area contributed by atoms with Crippen molar-refractivity contribution in [2.45, 2.75) is 0 Å². The van der Waals surface area contributed by atoms with Crippen LogP contribution >= 0.6 is 33.9 Å². The number of rotatable bonds is 5. The van der Waals surface area contributed by atoms with Crippen molar-refractivity contribution in [3.05, 3.63) is 55.8 Å². The average molecular weight is 413 g/mol. The predicted molar refractivity (Wildman–Crippen MR) is 91.5 cm³/mol. The summed E-state index contributed by atoms with van der Waals surface area (Å²) in [4.78, 5) is 24.4. The van der Waals surface area contributed by atoms with Crippen molar-refractivity contribution >= 4 is 52.0 Å². The zero-order valence-corrected chi connectivity index (χ0v) is 13.8. The highest BCUT2D eigenvalue weighted by atomic mass is 127. The average Bonchev–Trinajstić information content (AvgIpc) is 2.98. The number of hydrazone groups is 1. The third-order valence-corrected chi connectivity index (χ3v) is 4.20. The molecule has 0 unspecified atom stereocenters. The summed E-state index contributed by atoms with van der Waals surface area (Å²) in [6.07, 6.45) is 1.56. The molecule has 0 saturated heterocycles. The van der Waals surface area contributed by atoms with Crippen LogP contribution in [0.3, 0.4) is 0 Å². The Morgan fingerprint density at radius 1 is 1.24 bits per heavy atom. The molecule has 1 aromatic carbocycles. The Bertz CT molecular complexity index is 656. The number of nitrogens with one attached hydrogen (secondary N) is 2. The summed E-state index contributed by atoms with van der Waals surface area (Å²) in [6, 6.07) is 11.0. The van der Waals surface area contributed by atoms with Crippen LogP contribution in [-0.4, -0.2) is 24.6 Å². The number of carbonyl (C=O) groups is 2. The molecule has 0 saturated carbocycles. The van der Waals surface area contributed by atoms with E-state index in [1.54, 1.807) is 18.3 Å². The second kappa shape index (κ2) is 7.89. The molecule has 1 aromatic heterocycles. The van der Waals surface area contributed by atoms with E-state index in [9.17, 15) is 9.59 Å². The van der Waals surface area contributed by atoms with Gasteiger partial charge in [0.2, 0.25) is 0 Å². The van der Waals surface area contributed by atoms with Gasteiger partial charge < -0.3 is 5.32 Å². The SMILES string of the molecule is O=C(CNC(=O)c1ccccc1I)N/N=C/c1cccs1. The largest absolute Gasteiger partial charge is 0.343 e. The van der Waals surface area contributed by atoms with Crippen LogP contribution in [0.2, 0.25) is 0 Å². The molecule has 0 aliphatic rings. The van der Waals surface area contributed by atoms with Gasteiger partial charge in [-0.05, 0) is 46.2 Å². The number of hydrogen-bond donors (Lipinski definition) is 2. The quantitative estimate of drug-likeness (QED) is 0.449. The van der Waals surface area contributed by atoms with E-state index in [1.807, 2.05) is 29.6 Å². The van der Waals surface area contributed by atoms with Crippen LogP contribution in [0.15, 0.2) is 46.9 Å². The minimum Gasteiger partial charge on any atom is -0.343 e. The number of carbonyl (C=O) groups excluding carboxylic acids is 2. The summed E-state index contributed by atoms with van der Waals surface area (Å²) in [5.74, 6) is -0.653. The van der Waals surface area contributed by atoms with Gasteiger partial charge in [-0.15, -0.1) is 11.3 Å². The Morgan fingerprint density at radius 3 is 2.76 bits per heavy atom. The maximum absolute atomic E-state index is 11.9. The Morgan fingerprint density at radius 2 is 2.05 bits per heavy atom. The molecule has 0 bridgehead atoms. The van der Waals surface area contributed by atoms with E-state index in [0.717, 1.165) is 8.45 Å². The smallest absolute Gasteiger partial charge is 0.259 e. The Hall–Kier alpha value is -1.74. The molecule has 2 amide bonds. The molecule has 108 valence electrons. The van der Waals surface area contributed by atoms with E-state index in [2.05, 4.69) is 38.4 Å². The molecule has 0 fully saturated rings. The van der Waals surface area contributed by atoms with Gasteiger partial charge in [0.1, 0.15) is 0 Å². The lowest BCUT2D eigenvalue weighted by molar-refractivity contribution is -0.120. The van der Waals surface area contributed by atoms with E-state index in [4.69, 9.17) is 0 Å². The molecule has 2 N–H and O–H groups in total. The molecule has 7 heteroatoms. The van der Waals surface area contributed by atoms with Gasteiger partial charge in [-0.25, -0.2) is 5.43 Å². The fourth-order valence-corrected chi connectivity index (χ4v) is 2.69. The predicted octanol–water partition coefficient (Wildman–Crippen LogP) is 2.23. The van der Waals surface area contributed by atoms with Crippen molar-refractivity contribution in [2.24, 2.45) is 5.10 Å². The number of benzene rings is 1. The van der Waals surface area contributed by atoms with Crippen molar-refractivity contribution in [1.29, 1.82) is 0 Å². The monoisotopic (exact) mass is 413 g/mol. The van der Waals surface area contributed by atoms with Crippen LogP contribution in [0, 0.1) is 3.57 Å². The van der Waals surface area contributed by atoms with Crippen molar-refractivity contribution in [3.63, 3.8) is 0 Å². The summed E-state index contributed by atoms with van der Waals surface area (Å²) in [5.41, 5.74) is 2.91. The topological polar surface area (TPSA) is 70.6 Å². The molecule has 0 aliphatic heterocycles. The minimum absolute atomic E-state index is 0.119. The fourth-order valence-electron chi connectivity index (χ4n) is 1.47. The van der Waals surface area contributed by atoms with Gasteiger partial charge in [0.15, 0.2) is 0 Å². The first-order valence-electron chi connectivity index (χ1n) is 6.05. The Kier molecular flexibility index (Phi) is 5.88. The highest BCUT2D eigenvalue weighted by molar-refractivity contribution is 14.1. The maximum atomic E-state index is 11.9. The van der Waals surface area contributed by atoms with E-state index in [-0.39, 0.29) is 18.4 Å². The van der Waals surface area contributed by atoms with Crippen LogP contribution in [0.1, 0.15) is 15.2 Å². The standard InChI is InChI=1S/C14H12IN3O2S/c15-12-6-2-1-5-11(12)14(20)16-9-13(19)18-17-8-10-4-3-7-21-10/h1-8H,9H2,(H,16,20)(H,18,19)/b17-8+. The lowest BCUT2D eigenvalue weighted by Gasteiger charge is -2.05. The van der Waals surface area contributed by atoms with Crippen LogP contribution in [0.4, 0.5) is 0 Å². The van der Waals surface area contributed by atoms with Crippen molar-refractivity contribution in [3.8, 4) is 0 Å². The minimum atomic E-state index is -0.373. The Balaban J connectivity index is 1.79. The zero-order valence-electron chi connectivity index (χ0n) is 10.9. The number of nitrogens with zero attached hydrogens (tertiary/aromatic N) is 1. The van der Waals surface area contributed by atoms with Gasteiger partial charge in [-0.3, -0.25) is 9.59 Å². The van der Waals surface area contributed by atoms with Gasteiger partial charge in [0.05, 0.1) is 18.3 Å². The summed E-state index contributed by atoms with van der Waals surface area (Å²) >= 11 is 3.60. The van der Waals surface area contributed by atoms with Crippen LogP contribution < -0.4 is 10.7 Å². The molecule has 1 heterocycles. The molecule has 0 aliphatic carbocycles. The second-order valence-electron chi connectivity index (χ2n) is 3.97. The van der Waals surface area contributed by atoms with Crippen molar-refractivity contribution < 1.29 is 9.59 Å². The fraction of sp³-hybridized carbons (Fsp3) is 0.0714. The maximum Gasteiger partial charge on any atom is 0.259 e. The number of hydrogen-bond acceptors (Lipinski definition) is 4. The third kappa shape index (κ3) is 4.94. The lowest BCUT2D eigenvalue weighted by atomic mass is 10.2. The highest BCUT2D eigenvalue weighted by Gasteiger charge is 2.10. The lowest BCUT2D eigenvalue weighted by Crippen LogP contribution is -2.35. The Labute approximate surface area is 139 Å². The van der Waals surface area contributed by atoms with Gasteiger partial charge >= 0.3 is 0 Å². The van der Waals surface area contributed by atoms with E-state index < -0.39 is 0 Å². The first-order valence-corrected chi connectivity index (χ1v) is 8.01. The summed E-state index contributed by atoms with van der Waals surface area (Å²) in [5, 5.41) is 8.29. The molecule has 2 rings (SSSR count). The second-order valence-corrected chi connectivity index (χ2v) is 6.11. The molecular formula is C14H12IN3O2S. The highest BCUT2D eigenvalue weighted by Crippen LogP contribution is 2.10. The first-order chi connectivity index (χ1) is 10.2. The summed E-state index contributed by atoms with van der Waals surface area (Å²) in [6.45, 7) is -0.119. The zero-order chi connectivity index (χ0) is 15.1. The number of thiophene rings is 1. The van der Waals surface area contributed by atoms with E-state index >= 15 is 0 Å². The number of halogens is 1. The van der Waals surface area contributed by atoms with Gasteiger partial charge in [0, 0.05) is 8.45 Å². The van der Waals surface area contributed by atoms with Crippen LogP contribution in [0.25, 0.3) is 0 Å². The van der Waals surface area contributed by atoms with Crippen molar-refractivity contribution in [1.82, 2.24) is 10.7 Å². The van der Waals surface area contributed by atoms with E-state index in [0.29, 0.717) is 5.56 Å². The van der Waals surface area contributed by atoms with Gasteiger partial charge in [-0.2, -0.15) is 5.10 Å². The van der Waals surface area contributed by atoms with Gasteiger partial charge in [0.25, 0.3) is 11.8 Å². The first kappa shape index (κ1) is 15.6. The molecule has 0 spiro atoms. The third-order valence-electron chi connectivity index (χ3n) is 2.45. The molecule has 0 radical (unpaired) electrons. The number of amides is 2. The van der Waals surface area contributed by atoms with Gasteiger partial charge in [-0.1, -0.05) is 18.2 Å². The van der Waals surface area contributed by atoms with Crippen LogP contribution in [0.5, 0.6) is 0 Å². The normalized spacial score (nSPS) is 10.5. The summed E-state index contributed by atoms with van der Waals surface area (Å²) < 4.78 is 0.837. The van der Waals surface area contributed by atoms with E-state index in [1.165, 1.54) is 11.3 Å². The molecule has 5 nitrogen and oxygen atoms in total. The molecule has 0 atom stereocenters. The molecular weight excluding hydrogens is 401 g/mol. The molecule has 2 aromatic rings. The molecule has 21 heavy (non-hydrogen) atoms. The van der Waals surface area contributed by atoms with Crippen LogP contribution in [-0.2, 0) is 4.79 Å².